The summed E-state index contributed by atoms with van der Waals surface area (Å²) in [4.78, 5) is 16.8. The van der Waals surface area contributed by atoms with Crippen LogP contribution in [0.3, 0.4) is 0 Å². The highest BCUT2D eigenvalue weighted by molar-refractivity contribution is 7.98. The molecule has 2 aromatic carbocycles. The molecule has 2 aromatic heterocycles. The highest BCUT2D eigenvalue weighted by Gasteiger charge is 2.18. The number of hydrogen-bond donors (Lipinski definition) is 2. The van der Waals surface area contributed by atoms with Gasteiger partial charge in [0.05, 0.1) is 27.5 Å². The molecule has 8 nitrogen and oxygen atoms in total. The molecule has 1 amide bonds. The van der Waals surface area contributed by atoms with Gasteiger partial charge in [0.2, 0.25) is 11.8 Å². The van der Waals surface area contributed by atoms with Crippen molar-refractivity contribution in [3.63, 3.8) is 0 Å². The number of nitrogen functional groups attached to an aromatic ring is 1. The fourth-order valence-corrected chi connectivity index (χ4v) is 4.10. The second kappa shape index (κ2) is 9.92. The molecule has 0 atom stereocenters. The lowest BCUT2D eigenvalue weighted by Crippen LogP contribution is -2.15. The zero-order valence-electron chi connectivity index (χ0n) is 16.8. The average molecular weight is 497 g/mol. The van der Waals surface area contributed by atoms with Crippen LogP contribution < -0.4 is 11.1 Å². The van der Waals surface area contributed by atoms with Gasteiger partial charge in [-0.1, -0.05) is 53.2 Å². The smallest absolute Gasteiger partial charge is 0.259 e. The van der Waals surface area contributed by atoms with Crippen LogP contribution in [0.1, 0.15) is 21.8 Å². The van der Waals surface area contributed by atoms with Crippen molar-refractivity contribution in [3.8, 4) is 17.5 Å². The zero-order chi connectivity index (χ0) is 23.4. The van der Waals surface area contributed by atoms with E-state index in [1.807, 2.05) is 12.1 Å². The Balaban J connectivity index is 1.50. The third-order valence-electron chi connectivity index (χ3n) is 4.37. The lowest BCUT2D eigenvalue weighted by atomic mass is 10.2. The summed E-state index contributed by atoms with van der Waals surface area (Å²) in [5, 5.41) is 21.5. The van der Waals surface area contributed by atoms with E-state index in [0.29, 0.717) is 32.2 Å². The van der Waals surface area contributed by atoms with Gasteiger partial charge in [0.15, 0.2) is 0 Å². The highest BCUT2D eigenvalue weighted by atomic mass is 35.5. The zero-order valence-corrected chi connectivity index (χ0v) is 19.1. The first-order valence-corrected chi connectivity index (χ1v) is 11.2. The maximum Gasteiger partial charge on any atom is 0.259 e. The van der Waals surface area contributed by atoms with Gasteiger partial charge < -0.3 is 15.5 Å². The molecule has 164 valence electrons. The third-order valence-corrected chi connectivity index (χ3v) is 5.90. The van der Waals surface area contributed by atoms with Gasteiger partial charge in [-0.15, -0.1) is 10.2 Å². The van der Waals surface area contributed by atoms with Crippen molar-refractivity contribution >= 4 is 52.4 Å². The van der Waals surface area contributed by atoms with E-state index < -0.39 is 5.91 Å². The predicted octanol–water partition coefficient (Wildman–Crippen LogP) is 5.44. The minimum Gasteiger partial charge on any atom is -0.420 e. The summed E-state index contributed by atoms with van der Waals surface area (Å²) in [5.74, 6) is 0.323. The number of nitrogens with two attached hydrogens (primary N) is 1. The van der Waals surface area contributed by atoms with Gasteiger partial charge in [-0.3, -0.25) is 4.79 Å². The molecule has 0 aliphatic rings. The summed E-state index contributed by atoms with van der Waals surface area (Å²) in [5.41, 5.74) is 7.47. The Bertz CT molecular complexity index is 1370. The molecule has 33 heavy (non-hydrogen) atoms. The molecular formula is C22H14Cl2N6O2S. The number of carbonyl (C=O) groups is 1. The number of rotatable bonds is 6. The topological polar surface area (TPSA) is 131 Å². The summed E-state index contributed by atoms with van der Waals surface area (Å²) in [6, 6.07) is 17.3. The van der Waals surface area contributed by atoms with Gasteiger partial charge in [0.1, 0.15) is 16.9 Å². The molecule has 0 fully saturated rings. The molecule has 0 unspecified atom stereocenters. The van der Waals surface area contributed by atoms with E-state index >= 15 is 0 Å². The quantitative estimate of drug-likeness (QED) is 0.337. The number of nitrogens with zero attached hydrogens (tertiary/aromatic N) is 4. The molecule has 4 rings (SSSR count). The van der Waals surface area contributed by atoms with Crippen molar-refractivity contribution in [2.45, 2.75) is 10.8 Å². The predicted molar refractivity (Wildman–Crippen MR) is 127 cm³/mol. The first-order chi connectivity index (χ1) is 15.9. The molecule has 0 bridgehead atoms. The fraction of sp³-hybridized carbons (Fsp3) is 0.0455. The summed E-state index contributed by atoms with van der Waals surface area (Å²) >= 11 is 13.3. The Morgan fingerprint density at radius 3 is 2.67 bits per heavy atom. The number of nitrogens with one attached hydrogen (secondary N) is 1. The molecular weight excluding hydrogens is 483 g/mol. The molecule has 0 spiro atoms. The number of halogens is 2. The highest BCUT2D eigenvalue weighted by Crippen LogP contribution is 2.31. The first-order valence-electron chi connectivity index (χ1n) is 9.42. The van der Waals surface area contributed by atoms with Gasteiger partial charge in [-0.05, 0) is 36.4 Å². The van der Waals surface area contributed by atoms with Crippen molar-refractivity contribution in [1.82, 2.24) is 15.2 Å². The van der Waals surface area contributed by atoms with Crippen LogP contribution >= 0.6 is 35.0 Å². The van der Waals surface area contributed by atoms with Gasteiger partial charge in [0.25, 0.3) is 5.91 Å². The summed E-state index contributed by atoms with van der Waals surface area (Å²) < 4.78 is 5.67. The first kappa shape index (κ1) is 22.6. The van der Waals surface area contributed by atoms with Crippen LogP contribution in [-0.4, -0.2) is 21.1 Å². The van der Waals surface area contributed by atoms with Gasteiger partial charge in [-0.2, -0.15) is 5.26 Å². The molecule has 2 heterocycles. The van der Waals surface area contributed by atoms with Gasteiger partial charge in [-0.25, -0.2) is 4.98 Å². The molecule has 0 aliphatic heterocycles. The average Bonchev–Trinajstić information content (AvgIpc) is 3.27. The van der Waals surface area contributed by atoms with Crippen LogP contribution in [0, 0.1) is 11.3 Å². The van der Waals surface area contributed by atoms with Gasteiger partial charge in [0, 0.05) is 10.7 Å². The van der Waals surface area contributed by atoms with Crippen molar-refractivity contribution < 1.29 is 9.21 Å². The second-order valence-electron chi connectivity index (χ2n) is 6.62. The van der Waals surface area contributed by atoms with Crippen molar-refractivity contribution in [1.29, 1.82) is 5.26 Å². The van der Waals surface area contributed by atoms with E-state index in [9.17, 15) is 10.1 Å². The summed E-state index contributed by atoms with van der Waals surface area (Å²) in [6.07, 6.45) is 0. The maximum absolute atomic E-state index is 12.6. The Morgan fingerprint density at radius 2 is 1.94 bits per heavy atom. The number of hydrogen-bond acceptors (Lipinski definition) is 8. The molecule has 3 N–H and O–H groups in total. The third kappa shape index (κ3) is 5.26. The number of pyridine rings is 1. The molecule has 0 radical (unpaired) electrons. The minimum atomic E-state index is -0.458. The number of nitriles is 1. The molecule has 11 heteroatoms. The van der Waals surface area contributed by atoms with Crippen LogP contribution in [0.2, 0.25) is 10.0 Å². The van der Waals surface area contributed by atoms with Gasteiger partial charge >= 0.3 is 0 Å². The Morgan fingerprint density at radius 1 is 1.15 bits per heavy atom. The number of benzene rings is 2. The number of amides is 1. The minimum absolute atomic E-state index is 0.00379. The van der Waals surface area contributed by atoms with Crippen molar-refractivity contribution in [2.24, 2.45) is 0 Å². The van der Waals surface area contributed by atoms with Crippen LogP contribution in [0.4, 0.5) is 11.5 Å². The van der Waals surface area contributed by atoms with E-state index in [1.165, 1.54) is 17.8 Å². The maximum atomic E-state index is 12.6. The van der Waals surface area contributed by atoms with E-state index in [-0.39, 0.29) is 28.6 Å². The Hall–Kier alpha value is -3.58. The van der Waals surface area contributed by atoms with E-state index in [0.717, 1.165) is 0 Å². The summed E-state index contributed by atoms with van der Waals surface area (Å²) in [7, 11) is 0. The number of para-hydroxylation sites is 1. The molecule has 0 saturated heterocycles. The van der Waals surface area contributed by atoms with E-state index in [2.05, 4.69) is 20.5 Å². The largest absolute Gasteiger partial charge is 0.420 e. The number of anilines is 2. The lowest BCUT2D eigenvalue weighted by Gasteiger charge is -2.09. The number of carbonyl (C=O) groups excluding carboxylic acids is 1. The SMILES string of the molecule is N#Cc1cc(C(=O)Nc2ccccc2)c(N)nc1SCc1nnc(-c2ccc(Cl)cc2Cl)o1. The van der Waals surface area contributed by atoms with Crippen LogP contribution in [0.25, 0.3) is 11.5 Å². The normalized spacial score (nSPS) is 10.6. The monoisotopic (exact) mass is 496 g/mol. The summed E-state index contributed by atoms with van der Waals surface area (Å²) in [6.45, 7) is 0. The van der Waals surface area contributed by atoms with Crippen LogP contribution in [-0.2, 0) is 5.75 Å². The molecule has 4 aromatic rings. The fourth-order valence-electron chi connectivity index (χ4n) is 2.82. The molecule has 0 saturated carbocycles. The Kier molecular flexibility index (Phi) is 6.79. The van der Waals surface area contributed by atoms with E-state index in [4.69, 9.17) is 33.4 Å². The standard InChI is InChI=1S/C22H14Cl2N6O2S/c23-13-6-7-15(17(24)9-13)21-30-29-18(32-21)11-33-22-12(10-25)8-16(19(26)28-22)20(31)27-14-4-2-1-3-5-14/h1-9H,11H2,(H2,26,28)(H,27,31). The van der Waals surface area contributed by atoms with Crippen molar-refractivity contribution in [3.05, 3.63) is 81.7 Å². The Labute approximate surface area is 202 Å². The molecule has 0 aliphatic carbocycles. The van der Waals surface area contributed by atoms with Crippen LogP contribution in [0.15, 0.2) is 64.0 Å². The van der Waals surface area contributed by atoms with Crippen LogP contribution in [0.5, 0.6) is 0 Å². The number of aromatic nitrogens is 3. The van der Waals surface area contributed by atoms with E-state index in [1.54, 1.807) is 42.5 Å². The lowest BCUT2D eigenvalue weighted by molar-refractivity contribution is 0.102. The second-order valence-corrected chi connectivity index (χ2v) is 8.43. The number of thioether (sulfide) groups is 1. The van der Waals surface area contributed by atoms with Crippen molar-refractivity contribution in [2.75, 3.05) is 11.1 Å².